The Morgan fingerprint density at radius 1 is 1.33 bits per heavy atom. The maximum Gasteiger partial charge on any atom is 0.410 e. The van der Waals surface area contributed by atoms with Gasteiger partial charge in [0.2, 0.25) is 0 Å². The van der Waals surface area contributed by atoms with E-state index in [1.54, 1.807) is 12.0 Å². The second-order valence-electron chi connectivity index (χ2n) is 7.10. The summed E-state index contributed by atoms with van der Waals surface area (Å²) in [6, 6.07) is 0. The van der Waals surface area contributed by atoms with Gasteiger partial charge in [-0.2, -0.15) is 0 Å². The third-order valence-electron chi connectivity index (χ3n) is 3.78. The van der Waals surface area contributed by atoms with Gasteiger partial charge in [0.15, 0.2) is 11.1 Å². The molecule has 6 nitrogen and oxygen atoms in total. The van der Waals surface area contributed by atoms with Gasteiger partial charge in [0, 0.05) is 32.7 Å². The van der Waals surface area contributed by atoms with Gasteiger partial charge in [0.25, 0.3) is 0 Å². The molecule has 27 heavy (non-hydrogen) atoms. The van der Waals surface area contributed by atoms with E-state index in [2.05, 4.69) is 27.8 Å². The molecule has 1 aliphatic rings. The fraction of sp³-hybridized carbons (Fsp3) is 0.800. The molecule has 0 radical (unpaired) electrons. The van der Waals surface area contributed by atoms with E-state index in [1.807, 2.05) is 34.6 Å². The van der Waals surface area contributed by atoms with Crippen molar-refractivity contribution in [2.24, 2.45) is 0 Å². The summed E-state index contributed by atoms with van der Waals surface area (Å²) >= 11 is 3.35. The Balaban J connectivity index is 0.000000722. The van der Waals surface area contributed by atoms with E-state index in [9.17, 15) is 4.79 Å². The van der Waals surface area contributed by atoms with Gasteiger partial charge in [-0.3, -0.25) is 0 Å². The average molecular weight is 449 g/mol. The summed E-state index contributed by atoms with van der Waals surface area (Å²) in [5.41, 5.74) is 0.507. The number of nitrogens with zero attached hydrogens (tertiary/aromatic N) is 2. The van der Waals surface area contributed by atoms with Crippen molar-refractivity contribution in [3.05, 3.63) is 16.8 Å². The molecular weight excluding hydrogens is 412 g/mol. The molecule has 2 rings (SSSR count). The van der Waals surface area contributed by atoms with E-state index >= 15 is 0 Å². The third kappa shape index (κ3) is 10.7. The van der Waals surface area contributed by atoms with E-state index in [0.717, 1.165) is 25.1 Å². The van der Waals surface area contributed by atoms with Gasteiger partial charge in [0.05, 0.1) is 5.69 Å². The summed E-state index contributed by atoms with van der Waals surface area (Å²) in [5.74, 6) is 0.340. The zero-order valence-corrected chi connectivity index (χ0v) is 19.6. The van der Waals surface area contributed by atoms with Gasteiger partial charge in [0.1, 0.15) is 5.60 Å². The second kappa shape index (κ2) is 14.0. The van der Waals surface area contributed by atoms with Crippen LogP contribution in [0.1, 0.15) is 78.8 Å². The lowest BCUT2D eigenvalue weighted by Gasteiger charge is -2.32. The number of halogens is 1. The molecular formula is C20H37BrN2O4. The van der Waals surface area contributed by atoms with Crippen LogP contribution in [0.5, 0.6) is 0 Å². The highest BCUT2D eigenvalue weighted by Gasteiger charge is 2.29. The number of unbranched alkanes of at least 4 members (excludes halogenated alkanes) is 1. The average Bonchev–Trinajstić information content (AvgIpc) is 3.07. The summed E-state index contributed by atoms with van der Waals surface area (Å²) in [5, 5.41) is 0. The fourth-order valence-electron chi connectivity index (χ4n) is 2.46. The number of methoxy groups -OCH3 is 1. The molecule has 1 aromatic rings. The zero-order chi connectivity index (χ0) is 20.9. The van der Waals surface area contributed by atoms with Crippen LogP contribution < -0.4 is 0 Å². The number of rotatable bonds is 4. The molecule has 1 fully saturated rings. The normalized spacial score (nSPS) is 14.6. The van der Waals surface area contributed by atoms with Gasteiger partial charge >= 0.3 is 6.09 Å². The van der Waals surface area contributed by atoms with Crippen molar-refractivity contribution in [2.75, 3.05) is 26.8 Å². The van der Waals surface area contributed by atoms with Crippen LogP contribution >= 0.6 is 15.9 Å². The third-order valence-corrected chi connectivity index (χ3v) is 4.38. The Bertz CT molecular complexity index is 502. The highest BCUT2D eigenvalue weighted by atomic mass is 79.9. The van der Waals surface area contributed by atoms with E-state index in [0.29, 0.717) is 23.7 Å². The van der Waals surface area contributed by atoms with E-state index in [4.69, 9.17) is 13.9 Å². The Morgan fingerprint density at radius 2 is 1.93 bits per heavy atom. The summed E-state index contributed by atoms with van der Waals surface area (Å²) in [6.45, 7) is 14.1. The van der Waals surface area contributed by atoms with Gasteiger partial charge in [-0.25, -0.2) is 9.78 Å². The first-order valence-electron chi connectivity index (χ1n) is 9.84. The quantitative estimate of drug-likeness (QED) is 0.527. The molecule has 0 N–H and O–H groups in total. The van der Waals surface area contributed by atoms with Gasteiger partial charge < -0.3 is 18.8 Å². The number of hydrogen-bond donors (Lipinski definition) is 0. The standard InChI is InChI=1S/C13H19BrN2O3.C5H12O.C2H6/c1-13(2,3)19-12(17)16-6-4-9(5-7-16)10-11(14)18-8-15-10;1-3-4-5-6-2;1-2/h8-9H,4-7H2,1-3H3;3-5H2,1-2H3;1-2H3. The summed E-state index contributed by atoms with van der Waals surface area (Å²) in [7, 11) is 1.73. The monoisotopic (exact) mass is 448 g/mol. The molecule has 0 aromatic carbocycles. The molecule has 0 unspecified atom stereocenters. The van der Waals surface area contributed by atoms with Gasteiger partial charge in [-0.15, -0.1) is 0 Å². The van der Waals surface area contributed by atoms with Crippen LogP contribution in [-0.4, -0.2) is 48.4 Å². The molecule has 0 aliphatic carbocycles. The van der Waals surface area contributed by atoms with Crippen LogP contribution in [0.3, 0.4) is 0 Å². The van der Waals surface area contributed by atoms with Crippen LogP contribution in [0.25, 0.3) is 0 Å². The molecule has 0 saturated carbocycles. The largest absolute Gasteiger partial charge is 0.444 e. The number of oxazole rings is 1. The first-order valence-corrected chi connectivity index (χ1v) is 10.6. The molecule has 0 bridgehead atoms. The van der Waals surface area contributed by atoms with E-state index < -0.39 is 5.60 Å². The van der Waals surface area contributed by atoms with E-state index in [-0.39, 0.29) is 6.09 Å². The van der Waals surface area contributed by atoms with Crippen LogP contribution in [0.2, 0.25) is 0 Å². The number of aromatic nitrogens is 1. The number of carbonyl (C=O) groups excluding carboxylic acids is 1. The van der Waals surface area contributed by atoms with Crippen LogP contribution in [-0.2, 0) is 9.47 Å². The number of ether oxygens (including phenoxy) is 2. The lowest BCUT2D eigenvalue weighted by Crippen LogP contribution is -2.41. The number of hydrogen-bond acceptors (Lipinski definition) is 5. The first kappa shape index (κ1) is 25.9. The zero-order valence-electron chi connectivity index (χ0n) is 18.0. The van der Waals surface area contributed by atoms with Crippen molar-refractivity contribution in [1.82, 2.24) is 9.88 Å². The number of likely N-dealkylation sites (tertiary alicyclic amines) is 1. The maximum atomic E-state index is 11.9. The van der Waals surface area contributed by atoms with Crippen molar-refractivity contribution in [2.45, 2.75) is 78.7 Å². The lowest BCUT2D eigenvalue weighted by atomic mass is 9.94. The minimum absolute atomic E-state index is 0.231. The van der Waals surface area contributed by atoms with Crippen molar-refractivity contribution in [1.29, 1.82) is 0 Å². The Morgan fingerprint density at radius 3 is 2.30 bits per heavy atom. The minimum Gasteiger partial charge on any atom is -0.444 e. The van der Waals surface area contributed by atoms with Crippen molar-refractivity contribution in [3.8, 4) is 0 Å². The van der Waals surface area contributed by atoms with Gasteiger partial charge in [-0.1, -0.05) is 27.2 Å². The van der Waals surface area contributed by atoms with Crippen molar-refractivity contribution >= 4 is 22.0 Å². The molecule has 1 aromatic heterocycles. The predicted octanol–water partition coefficient (Wildman–Crippen LogP) is 6.01. The Kier molecular flexibility index (Phi) is 13.4. The SMILES string of the molecule is CC.CC(C)(C)OC(=O)N1CCC(c2ncoc2Br)CC1.CCCCOC. The minimum atomic E-state index is -0.441. The highest BCUT2D eigenvalue weighted by molar-refractivity contribution is 9.10. The van der Waals surface area contributed by atoms with Crippen molar-refractivity contribution < 1.29 is 18.7 Å². The summed E-state index contributed by atoms with van der Waals surface area (Å²) in [6.07, 6.45) is 5.39. The van der Waals surface area contributed by atoms with Gasteiger partial charge in [-0.05, 0) is 56.0 Å². The number of amides is 1. The first-order chi connectivity index (χ1) is 12.8. The lowest BCUT2D eigenvalue weighted by molar-refractivity contribution is 0.0204. The molecule has 1 amide bonds. The predicted molar refractivity (Wildman–Crippen MR) is 112 cm³/mol. The van der Waals surface area contributed by atoms with Crippen LogP contribution in [0.4, 0.5) is 4.79 Å². The molecule has 1 aliphatic heterocycles. The molecule has 158 valence electrons. The van der Waals surface area contributed by atoms with Crippen LogP contribution in [0.15, 0.2) is 15.5 Å². The Labute approximate surface area is 173 Å². The number of carbonyl (C=O) groups is 1. The topological polar surface area (TPSA) is 64.8 Å². The van der Waals surface area contributed by atoms with Crippen LogP contribution in [0, 0.1) is 0 Å². The number of piperidine rings is 1. The molecule has 2 heterocycles. The fourth-order valence-corrected chi connectivity index (χ4v) is 2.97. The highest BCUT2D eigenvalue weighted by Crippen LogP contribution is 2.32. The Hall–Kier alpha value is -1.08. The second-order valence-corrected chi connectivity index (χ2v) is 7.82. The molecule has 0 spiro atoms. The van der Waals surface area contributed by atoms with E-state index in [1.165, 1.54) is 19.2 Å². The summed E-state index contributed by atoms with van der Waals surface area (Å²) in [4.78, 5) is 17.9. The molecule has 7 heteroatoms. The smallest absolute Gasteiger partial charge is 0.410 e. The maximum absolute atomic E-state index is 11.9. The summed E-state index contributed by atoms with van der Waals surface area (Å²) < 4.78 is 16.0. The molecule has 0 atom stereocenters. The van der Waals surface area contributed by atoms with Crippen molar-refractivity contribution in [3.63, 3.8) is 0 Å². The molecule has 1 saturated heterocycles.